The molecule has 2 atom stereocenters. The number of benzene rings is 1. The van der Waals surface area contributed by atoms with Crippen LogP contribution in [-0.4, -0.2) is 105 Å². The third-order valence-electron chi connectivity index (χ3n) is 6.64. The van der Waals surface area contributed by atoms with Crippen LogP contribution >= 0.6 is 34.9 Å². The number of carbonyl (C=O) groups is 5. The first-order valence-corrected chi connectivity index (χ1v) is 16.6. The smallest absolute Gasteiger partial charge is 0.471 e. The van der Waals surface area contributed by atoms with Crippen molar-refractivity contribution in [3.8, 4) is 0 Å². The van der Waals surface area contributed by atoms with Crippen LogP contribution in [0, 0.1) is 6.92 Å². The Hall–Kier alpha value is -5.03. The van der Waals surface area contributed by atoms with Crippen LogP contribution in [0.4, 0.5) is 18.3 Å². The van der Waals surface area contributed by atoms with Crippen molar-refractivity contribution in [2.24, 2.45) is 5.16 Å². The van der Waals surface area contributed by atoms with Gasteiger partial charge in [0.1, 0.15) is 36.0 Å². The molecule has 23 heteroatoms. The van der Waals surface area contributed by atoms with Crippen molar-refractivity contribution in [3.63, 3.8) is 0 Å². The van der Waals surface area contributed by atoms with Crippen LogP contribution in [-0.2, 0) is 42.0 Å². The third kappa shape index (κ3) is 8.17. The maximum absolute atomic E-state index is 13.5. The van der Waals surface area contributed by atoms with E-state index < -0.39 is 64.6 Å². The van der Waals surface area contributed by atoms with Crippen molar-refractivity contribution in [3.05, 3.63) is 57.7 Å². The van der Waals surface area contributed by atoms with Crippen molar-refractivity contribution in [1.82, 2.24) is 35.4 Å². The summed E-state index contributed by atoms with van der Waals surface area (Å²) in [6.45, 7) is 1.25. The number of rotatable bonds is 13. The van der Waals surface area contributed by atoms with Gasteiger partial charge in [0.05, 0.1) is 0 Å². The molecule has 258 valence electrons. The van der Waals surface area contributed by atoms with Gasteiger partial charge in [-0.3, -0.25) is 29.4 Å². The first-order valence-electron chi connectivity index (χ1n) is 13.6. The summed E-state index contributed by atoms with van der Waals surface area (Å²) in [6.07, 6.45) is -5.19. The number of alkyl halides is 3. The first-order chi connectivity index (χ1) is 23.2. The van der Waals surface area contributed by atoms with Gasteiger partial charge < -0.3 is 20.4 Å². The number of carboxylic acids is 2. The zero-order valence-corrected chi connectivity index (χ0v) is 27.2. The number of amides is 3. The fourth-order valence-electron chi connectivity index (χ4n) is 4.35. The van der Waals surface area contributed by atoms with E-state index in [9.17, 15) is 42.3 Å². The van der Waals surface area contributed by atoms with E-state index in [0.29, 0.717) is 22.5 Å². The number of aromatic nitrogens is 5. The van der Waals surface area contributed by atoms with Gasteiger partial charge >= 0.3 is 24.0 Å². The van der Waals surface area contributed by atoms with Crippen LogP contribution in [0.1, 0.15) is 16.8 Å². The first kappa shape index (κ1) is 35.3. The second-order valence-electron chi connectivity index (χ2n) is 10.1. The van der Waals surface area contributed by atoms with E-state index in [4.69, 9.17) is 9.94 Å². The summed E-state index contributed by atoms with van der Waals surface area (Å²) in [6, 6.07) is 5.90. The number of tetrazole rings is 1. The molecular formula is C26H22F3N9O8S3. The van der Waals surface area contributed by atoms with Gasteiger partial charge in [-0.05, 0) is 28.5 Å². The molecule has 4 heterocycles. The summed E-state index contributed by atoms with van der Waals surface area (Å²) < 4.78 is 39.3. The molecule has 4 N–H and O–H groups in total. The largest absolute Gasteiger partial charge is 0.480 e. The second-order valence-corrected chi connectivity index (χ2v) is 13.0. The lowest BCUT2D eigenvalue weighted by Gasteiger charge is -2.49. The van der Waals surface area contributed by atoms with Crippen LogP contribution in [0.3, 0.4) is 0 Å². The van der Waals surface area contributed by atoms with Gasteiger partial charge in [-0.25, -0.2) is 14.5 Å². The Labute approximate surface area is 284 Å². The molecule has 0 radical (unpaired) electrons. The van der Waals surface area contributed by atoms with Crippen molar-refractivity contribution in [2.75, 3.05) is 16.8 Å². The van der Waals surface area contributed by atoms with E-state index in [1.54, 1.807) is 17.4 Å². The van der Waals surface area contributed by atoms with Gasteiger partial charge in [-0.2, -0.15) is 13.2 Å². The number of halogens is 3. The maximum Gasteiger partial charge on any atom is 0.471 e. The fourth-order valence-corrected chi connectivity index (χ4v) is 7.40. The molecule has 2 aliphatic heterocycles. The van der Waals surface area contributed by atoms with Gasteiger partial charge in [0.25, 0.3) is 11.8 Å². The van der Waals surface area contributed by atoms with E-state index >= 15 is 0 Å². The van der Waals surface area contributed by atoms with Crippen LogP contribution in [0.5, 0.6) is 0 Å². The number of carbonyl (C=O) groups excluding carboxylic acids is 3. The summed E-state index contributed by atoms with van der Waals surface area (Å²) >= 11 is 2.71. The number of hydrogen-bond acceptors (Lipinski definition) is 14. The van der Waals surface area contributed by atoms with E-state index in [0.717, 1.165) is 44.0 Å². The van der Waals surface area contributed by atoms with Gasteiger partial charge in [-0.1, -0.05) is 46.7 Å². The minimum absolute atomic E-state index is 0.00825. The molecule has 0 aliphatic carbocycles. The summed E-state index contributed by atoms with van der Waals surface area (Å²) in [5.74, 6) is -6.53. The van der Waals surface area contributed by atoms with Gasteiger partial charge in [0.15, 0.2) is 10.8 Å². The molecule has 1 aromatic carbocycles. The number of oxime groups is 1. The predicted molar refractivity (Wildman–Crippen MR) is 165 cm³/mol. The molecule has 0 spiro atoms. The molecule has 2 aliphatic rings. The van der Waals surface area contributed by atoms with Gasteiger partial charge in [0, 0.05) is 16.9 Å². The number of aliphatic carboxylic acids is 2. The molecule has 3 aromatic rings. The highest BCUT2D eigenvalue weighted by molar-refractivity contribution is 8.01. The van der Waals surface area contributed by atoms with Crippen LogP contribution in [0.25, 0.3) is 0 Å². The number of hydrogen-bond donors (Lipinski definition) is 4. The lowest BCUT2D eigenvalue weighted by molar-refractivity contribution is -0.167. The van der Waals surface area contributed by atoms with Crippen molar-refractivity contribution in [2.45, 2.75) is 42.8 Å². The van der Waals surface area contributed by atoms with E-state index in [1.807, 2.05) is 19.1 Å². The standard InChI is InChI=1S/C26H22F3N9O8S3/c1-11-2-4-12(5-3-11)7-46-34-16(14-10-48-24(30-14)32-23(45)26(27,28)29)19(41)31-17-20(42)38-18(22(43)44)13(8-47-21(17)38)9-49-25-33-35-36-37(25)6-15(39)40/h2-5,10,17,21H,6-9H2,1H3,(H,31,41)(H,39,40)(H,43,44)(H,30,32,45)/t17?,21-/m1/s1. The van der Waals surface area contributed by atoms with Crippen molar-refractivity contribution < 1.29 is 52.2 Å². The highest BCUT2D eigenvalue weighted by atomic mass is 32.2. The summed E-state index contributed by atoms with van der Waals surface area (Å²) in [7, 11) is 0. The number of fused-ring (bicyclic) bond motifs is 1. The third-order valence-corrected chi connectivity index (χ3v) is 9.78. The Bertz CT molecular complexity index is 1860. The molecule has 1 fully saturated rings. The molecule has 5 rings (SSSR count). The minimum atomic E-state index is -5.19. The molecular weight excluding hydrogens is 720 g/mol. The number of nitrogens with zero attached hydrogens (tertiary/aromatic N) is 7. The maximum atomic E-state index is 13.5. The van der Waals surface area contributed by atoms with Gasteiger partial charge in [-0.15, -0.1) is 28.2 Å². The molecule has 0 saturated carbocycles. The highest BCUT2D eigenvalue weighted by Gasteiger charge is 2.54. The number of carboxylic acid groups (broad SMARTS) is 2. The molecule has 1 saturated heterocycles. The Morgan fingerprint density at radius 2 is 1.92 bits per heavy atom. The normalized spacial score (nSPS) is 17.7. The van der Waals surface area contributed by atoms with Crippen molar-refractivity contribution >= 4 is 75.4 Å². The Balaban J connectivity index is 1.32. The lowest BCUT2D eigenvalue weighted by Crippen LogP contribution is -2.71. The zero-order valence-electron chi connectivity index (χ0n) is 24.7. The van der Waals surface area contributed by atoms with Crippen molar-refractivity contribution in [1.29, 1.82) is 0 Å². The van der Waals surface area contributed by atoms with E-state index in [1.165, 1.54) is 0 Å². The number of aryl methyl sites for hydroxylation is 1. The Kier molecular flexibility index (Phi) is 10.5. The SMILES string of the molecule is Cc1ccc(CON=C(C(=O)NC2C(=O)N3C(C(=O)O)=C(CSc4nnnn4CC(=O)O)CS[C@H]23)c2csc(NC(=O)C(F)(F)F)n2)cc1. The average molecular weight is 742 g/mol. The number of anilines is 1. The molecule has 2 aromatic heterocycles. The van der Waals surface area contributed by atoms with Crippen LogP contribution in [0.15, 0.2) is 51.2 Å². The zero-order chi connectivity index (χ0) is 35.5. The summed E-state index contributed by atoms with van der Waals surface area (Å²) in [5.41, 5.74) is 0.877. The van der Waals surface area contributed by atoms with E-state index in [2.05, 4.69) is 31.0 Å². The average Bonchev–Trinajstić information content (AvgIpc) is 3.69. The summed E-state index contributed by atoms with van der Waals surface area (Å²) in [4.78, 5) is 71.6. The lowest BCUT2D eigenvalue weighted by atomic mass is 10.0. The quantitative estimate of drug-likeness (QED) is 0.0842. The van der Waals surface area contributed by atoms with E-state index in [-0.39, 0.29) is 34.7 Å². The van der Waals surface area contributed by atoms with Crippen LogP contribution in [0.2, 0.25) is 0 Å². The molecule has 0 bridgehead atoms. The molecule has 3 amide bonds. The molecule has 17 nitrogen and oxygen atoms in total. The fraction of sp³-hybridized carbons (Fsp3) is 0.308. The topological polar surface area (TPSA) is 231 Å². The monoisotopic (exact) mass is 741 g/mol. The molecule has 1 unspecified atom stereocenters. The highest BCUT2D eigenvalue weighted by Crippen LogP contribution is 2.41. The number of thiazole rings is 1. The van der Waals surface area contributed by atoms with Crippen LogP contribution < -0.4 is 10.6 Å². The number of β-lactam (4-membered cyclic amide) rings is 1. The van der Waals surface area contributed by atoms with Gasteiger partial charge in [0.2, 0.25) is 5.16 Å². The summed E-state index contributed by atoms with van der Waals surface area (Å²) in [5, 5.41) is 37.6. The number of nitrogens with one attached hydrogen (secondary N) is 2. The predicted octanol–water partition coefficient (Wildman–Crippen LogP) is 1.48. The second kappa shape index (κ2) is 14.6. The molecule has 49 heavy (non-hydrogen) atoms. The minimum Gasteiger partial charge on any atom is -0.480 e. The Morgan fingerprint density at radius 1 is 1.18 bits per heavy atom. The number of thioether (sulfide) groups is 2. The Morgan fingerprint density at radius 3 is 2.59 bits per heavy atom.